The van der Waals surface area contributed by atoms with Crippen LogP contribution in [0.15, 0.2) is 11.6 Å². The second-order valence-electron chi connectivity index (χ2n) is 5.60. The molecule has 5 heteroatoms. The first-order valence-electron chi connectivity index (χ1n) is 7.77. The first-order valence-corrected chi connectivity index (χ1v) is 7.77. The van der Waals surface area contributed by atoms with E-state index < -0.39 is 23.8 Å². The van der Waals surface area contributed by atoms with Crippen LogP contribution >= 0.6 is 0 Å². The number of carbonyl (C=O) groups excluding carboxylic acids is 2. The molecule has 1 aliphatic heterocycles. The Morgan fingerprint density at radius 3 is 2.19 bits per heavy atom. The van der Waals surface area contributed by atoms with Gasteiger partial charge in [0.1, 0.15) is 6.04 Å². The summed E-state index contributed by atoms with van der Waals surface area (Å²) in [5.41, 5.74) is 0.311. The first-order chi connectivity index (χ1) is 9.99. The zero-order valence-electron chi connectivity index (χ0n) is 12.9. The first kappa shape index (κ1) is 17.4. The maximum atomic E-state index is 11.8. The Bertz CT molecular complexity index is 428. The molecule has 0 saturated carbocycles. The van der Waals surface area contributed by atoms with E-state index in [4.69, 9.17) is 0 Å². The zero-order chi connectivity index (χ0) is 15.8. The third-order valence-corrected chi connectivity index (χ3v) is 3.81. The fraction of sp³-hybridized carbons (Fsp3) is 0.688. The third kappa shape index (κ3) is 4.99. The maximum Gasteiger partial charge on any atom is 0.326 e. The highest BCUT2D eigenvalue weighted by molar-refractivity contribution is 6.17. The highest BCUT2D eigenvalue weighted by atomic mass is 16.4. The molecule has 1 rings (SSSR count). The van der Waals surface area contributed by atoms with Crippen molar-refractivity contribution in [1.29, 1.82) is 0 Å². The van der Waals surface area contributed by atoms with Gasteiger partial charge in [0.25, 0.3) is 11.8 Å². The average Bonchev–Trinajstić information content (AvgIpc) is 2.67. The average molecular weight is 295 g/mol. The number of carboxylic acid groups (broad SMARTS) is 1. The summed E-state index contributed by atoms with van der Waals surface area (Å²) < 4.78 is 0. The summed E-state index contributed by atoms with van der Waals surface area (Å²) in [5, 5.41) is 9.26. The second kappa shape index (κ2) is 8.60. The third-order valence-electron chi connectivity index (χ3n) is 3.81. The van der Waals surface area contributed by atoms with Crippen molar-refractivity contribution in [3.63, 3.8) is 0 Å². The lowest BCUT2D eigenvalue weighted by molar-refractivity contribution is -0.153. The number of carboxylic acids is 1. The fourth-order valence-electron chi connectivity index (χ4n) is 2.56. The molecular weight excluding hydrogens is 270 g/mol. The molecule has 118 valence electrons. The van der Waals surface area contributed by atoms with E-state index in [1.165, 1.54) is 32.3 Å². The Hall–Kier alpha value is -1.65. The molecule has 2 amide bonds. The van der Waals surface area contributed by atoms with Gasteiger partial charge in [-0.3, -0.25) is 14.5 Å². The summed E-state index contributed by atoms with van der Waals surface area (Å²) in [6.45, 7) is 3.70. The molecule has 0 spiro atoms. The minimum atomic E-state index is -1.11. The van der Waals surface area contributed by atoms with Gasteiger partial charge in [0, 0.05) is 11.6 Å². The van der Waals surface area contributed by atoms with Crippen LogP contribution in [0.5, 0.6) is 0 Å². The smallest absolute Gasteiger partial charge is 0.326 e. The van der Waals surface area contributed by atoms with E-state index in [1.807, 2.05) is 0 Å². The van der Waals surface area contributed by atoms with E-state index in [0.717, 1.165) is 30.6 Å². The van der Waals surface area contributed by atoms with Gasteiger partial charge in [-0.15, -0.1) is 0 Å². The molecule has 0 aromatic heterocycles. The van der Waals surface area contributed by atoms with Crippen LogP contribution in [-0.4, -0.2) is 33.8 Å². The Morgan fingerprint density at radius 1 is 1.14 bits per heavy atom. The number of hydrogen-bond acceptors (Lipinski definition) is 3. The van der Waals surface area contributed by atoms with Crippen molar-refractivity contribution in [1.82, 2.24) is 4.90 Å². The minimum Gasteiger partial charge on any atom is -0.480 e. The van der Waals surface area contributed by atoms with E-state index in [1.54, 1.807) is 0 Å². The predicted molar refractivity (Wildman–Crippen MR) is 79.6 cm³/mol. The number of unbranched alkanes of at least 4 members (excludes halogenated alkanes) is 6. The molecule has 0 bridgehead atoms. The molecule has 1 unspecified atom stereocenters. The molecule has 1 N–H and O–H groups in total. The normalized spacial score (nSPS) is 16.3. The van der Waals surface area contributed by atoms with Crippen LogP contribution in [-0.2, 0) is 14.4 Å². The van der Waals surface area contributed by atoms with Crippen LogP contribution in [0.1, 0.15) is 65.2 Å². The van der Waals surface area contributed by atoms with Crippen LogP contribution < -0.4 is 0 Å². The van der Waals surface area contributed by atoms with Gasteiger partial charge in [-0.05, 0) is 13.3 Å². The molecule has 5 nitrogen and oxygen atoms in total. The van der Waals surface area contributed by atoms with Crippen LogP contribution in [0.4, 0.5) is 0 Å². The summed E-state index contributed by atoms with van der Waals surface area (Å²) in [5.74, 6) is -2.09. The number of amides is 2. The quantitative estimate of drug-likeness (QED) is 0.497. The molecule has 0 saturated heterocycles. The Kier molecular flexibility index (Phi) is 7.12. The maximum absolute atomic E-state index is 11.8. The van der Waals surface area contributed by atoms with Crippen molar-refractivity contribution < 1.29 is 19.5 Å². The summed E-state index contributed by atoms with van der Waals surface area (Å²) in [6.07, 6.45) is 9.09. The second-order valence-corrected chi connectivity index (χ2v) is 5.60. The molecule has 21 heavy (non-hydrogen) atoms. The van der Waals surface area contributed by atoms with Gasteiger partial charge in [0.15, 0.2) is 0 Å². The van der Waals surface area contributed by atoms with Crippen LogP contribution in [0.2, 0.25) is 0 Å². The summed E-state index contributed by atoms with van der Waals surface area (Å²) in [6, 6.07) is -1.03. The van der Waals surface area contributed by atoms with Gasteiger partial charge in [0.05, 0.1) is 0 Å². The molecular formula is C16H25NO4. The van der Waals surface area contributed by atoms with Crippen LogP contribution in [0.3, 0.4) is 0 Å². The molecule has 0 fully saturated rings. The van der Waals surface area contributed by atoms with Crippen LogP contribution in [0, 0.1) is 0 Å². The van der Waals surface area contributed by atoms with Crippen molar-refractivity contribution >= 4 is 17.8 Å². The number of hydrogen-bond donors (Lipinski definition) is 1. The number of carbonyl (C=O) groups is 3. The van der Waals surface area contributed by atoms with E-state index in [-0.39, 0.29) is 0 Å². The van der Waals surface area contributed by atoms with Gasteiger partial charge in [-0.1, -0.05) is 51.9 Å². The van der Waals surface area contributed by atoms with Gasteiger partial charge in [-0.2, -0.15) is 0 Å². The molecule has 1 atom stereocenters. The van der Waals surface area contributed by atoms with Gasteiger partial charge in [-0.25, -0.2) is 4.79 Å². The van der Waals surface area contributed by atoms with E-state index in [9.17, 15) is 19.5 Å². The van der Waals surface area contributed by atoms with Crippen molar-refractivity contribution in [3.8, 4) is 0 Å². The standard InChI is InChI=1S/C16H25NO4/c1-3-4-5-6-7-8-9-10-13(16(20)21)17-14(18)11-12(2)15(17)19/h11,13H,3-10H2,1-2H3,(H,20,21). The zero-order valence-corrected chi connectivity index (χ0v) is 12.9. The lowest BCUT2D eigenvalue weighted by atomic mass is 10.0. The Balaban J connectivity index is 2.40. The van der Waals surface area contributed by atoms with E-state index in [2.05, 4.69) is 6.92 Å². The number of rotatable bonds is 10. The van der Waals surface area contributed by atoms with Gasteiger partial charge >= 0.3 is 5.97 Å². The predicted octanol–water partition coefficient (Wildman–Crippen LogP) is 2.90. The SMILES string of the molecule is CCCCCCCCCC(C(=O)O)N1C(=O)C=C(C)C1=O. The van der Waals surface area contributed by atoms with Crippen molar-refractivity contribution in [2.45, 2.75) is 71.3 Å². The Morgan fingerprint density at radius 2 is 1.71 bits per heavy atom. The molecule has 0 aliphatic carbocycles. The van der Waals surface area contributed by atoms with Crippen molar-refractivity contribution in [3.05, 3.63) is 11.6 Å². The minimum absolute atomic E-state index is 0.311. The Labute approximate surface area is 126 Å². The lowest BCUT2D eigenvalue weighted by Gasteiger charge is -2.22. The highest BCUT2D eigenvalue weighted by Gasteiger charge is 2.37. The monoisotopic (exact) mass is 295 g/mol. The largest absolute Gasteiger partial charge is 0.480 e. The van der Waals surface area contributed by atoms with Crippen LogP contribution in [0.25, 0.3) is 0 Å². The van der Waals surface area contributed by atoms with Crippen molar-refractivity contribution in [2.24, 2.45) is 0 Å². The molecule has 0 aromatic rings. The summed E-state index contributed by atoms with van der Waals surface area (Å²) in [4.78, 5) is 35.8. The van der Waals surface area contributed by atoms with Gasteiger partial charge in [0.2, 0.25) is 0 Å². The topological polar surface area (TPSA) is 74.7 Å². The molecule has 1 heterocycles. The summed E-state index contributed by atoms with van der Waals surface area (Å²) in [7, 11) is 0. The number of nitrogens with zero attached hydrogens (tertiary/aromatic N) is 1. The van der Waals surface area contributed by atoms with Gasteiger partial charge < -0.3 is 5.11 Å². The lowest BCUT2D eigenvalue weighted by Crippen LogP contribution is -2.45. The molecule has 0 radical (unpaired) electrons. The summed E-state index contributed by atoms with van der Waals surface area (Å²) >= 11 is 0. The van der Waals surface area contributed by atoms with E-state index in [0.29, 0.717) is 12.0 Å². The highest BCUT2D eigenvalue weighted by Crippen LogP contribution is 2.20. The number of aliphatic carboxylic acids is 1. The molecule has 1 aliphatic rings. The number of imide groups is 1. The van der Waals surface area contributed by atoms with Crippen molar-refractivity contribution in [2.75, 3.05) is 0 Å². The van der Waals surface area contributed by atoms with E-state index >= 15 is 0 Å². The molecule has 0 aromatic carbocycles. The fourth-order valence-corrected chi connectivity index (χ4v) is 2.56.